The molecule has 5 heteroatoms. The molecule has 0 bridgehead atoms. The molecule has 1 unspecified atom stereocenters. The first-order valence-corrected chi connectivity index (χ1v) is 7.61. The summed E-state index contributed by atoms with van der Waals surface area (Å²) in [5.41, 5.74) is 1.01. The molecule has 104 valence electrons. The van der Waals surface area contributed by atoms with Crippen LogP contribution in [-0.2, 0) is 11.8 Å². The average molecular weight is 287 g/mol. The van der Waals surface area contributed by atoms with Crippen molar-refractivity contribution < 1.29 is 4.79 Å². The Morgan fingerprint density at radius 3 is 2.75 bits per heavy atom. The van der Waals surface area contributed by atoms with Crippen molar-refractivity contribution in [3.63, 3.8) is 0 Å². The monoisotopic (exact) mass is 287 g/mol. The highest BCUT2D eigenvalue weighted by Gasteiger charge is 2.29. The van der Waals surface area contributed by atoms with Crippen molar-refractivity contribution >= 4 is 17.7 Å². The molecule has 1 heterocycles. The molecule has 1 aliphatic carbocycles. The molecule has 4 nitrogen and oxygen atoms in total. The van der Waals surface area contributed by atoms with E-state index < -0.39 is 0 Å². The third-order valence-electron chi connectivity index (χ3n) is 3.26. The second-order valence-corrected chi connectivity index (χ2v) is 6.08. The smallest absolute Gasteiger partial charge is 0.238 e. The van der Waals surface area contributed by atoms with Crippen LogP contribution in [0, 0.1) is 0 Å². The van der Waals surface area contributed by atoms with Crippen LogP contribution in [0.2, 0.25) is 0 Å². The van der Waals surface area contributed by atoms with Crippen molar-refractivity contribution in [1.29, 1.82) is 0 Å². The van der Waals surface area contributed by atoms with Gasteiger partial charge < -0.3 is 9.88 Å². The lowest BCUT2D eigenvalue weighted by Crippen LogP contribution is -2.29. The van der Waals surface area contributed by atoms with Gasteiger partial charge in [-0.25, -0.2) is 4.98 Å². The number of aromatic nitrogens is 2. The van der Waals surface area contributed by atoms with Gasteiger partial charge in [-0.05, 0) is 18.4 Å². The van der Waals surface area contributed by atoms with E-state index >= 15 is 0 Å². The molecular weight excluding hydrogens is 270 g/mol. The lowest BCUT2D eigenvalue weighted by molar-refractivity contribution is -0.120. The Morgan fingerprint density at radius 1 is 1.40 bits per heavy atom. The molecule has 0 saturated heterocycles. The minimum Gasteiger partial charge on any atom is -0.352 e. The van der Waals surface area contributed by atoms with Crippen LogP contribution in [0.4, 0.5) is 0 Å². The fourth-order valence-electron chi connectivity index (χ4n) is 1.98. The predicted octanol–water partition coefficient (Wildman–Crippen LogP) is 2.53. The van der Waals surface area contributed by atoms with Crippen LogP contribution in [0.5, 0.6) is 0 Å². The average Bonchev–Trinajstić information content (AvgIpc) is 3.18. The molecule has 1 aromatic carbocycles. The molecule has 1 fully saturated rings. The first-order valence-electron chi connectivity index (χ1n) is 6.73. The Bertz CT molecular complexity index is 592. The summed E-state index contributed by atoms with van der Waals surface area (Å²) in [6.45, 7) is 0. The van der Waals surface area contributed by atoms with E-state index in [2.05, 4.69) is 10.3 Å². The Balaban J connectivity index is 1.82. The molecule has 0 radical (unpaired) electrons. The number of nitrogens with zero attached hydrogens (tertiary/aromatic N) is 2. The minimum absolute atomic E-state index is 0.0756. The summed E-state index contributed by atoms with van der Waals surface area (Å²) in [5, 5.41) is 3.69. The topological polar surface area (TPSA) is 46.9 Å². The molecule has 1 aromatic heterocycles. The number of thioether (sulfide) groups is 1. The summed E-state index contributed by atoms with van der Waals surface area (Å²) in [6.07, 6.45) is 5.84. The summed E-state index contributed by atoms with van der Waals surface area (Å²) >= 11 is 1.49. The largest absolute Gasteiger partial charge is 0.352 e. The zero-order chi connectivity index (χ0) is 13.9. The summed E-state index contributed by atoms with van der Waals surface area (Å²) in [4.78, 5) is 16.8. The van der Waals surface area contributed by atoms with Crippen LogP contribution in [-0.4, -0.2) is 21.5 Å². The maximum atomic E-state index is 12.5. The van der Waals surface area contributed by atoms with Gasteiger partial charge in [0.25, 0.3) is 0 Å². The number of carbonyl (C=O) groups is 1. The van der Waals surface area contributed by atoms with Gasteiger partial charge in [-0.1, -0.05) is 42.1 Å². The summed E-state index contributed by atoms with van der Waals surface area (Å²) in [7, 11) is 1.94. The normalized spacial score (nSPS) is 15.8. The lowest BCUT2D eigenvalue weighted by atomic mass is 10.1. The molecule has 1 aliphatic rings. The number of rotatable bonds is 5. The molecule has 0 aliphatic heterocycles. The number of benzene rings is 1. The van der Waals surface area contributed by atoms with Gasteiger partial charge in [0.15, 0.2) is 5.16 Å². The number of aryl methyl sites for hydroxylation is 1. The van der Waals surface area contributed by atoms with Gasteiger partial charge in [0.05, 0.1) is 0 Å². The summed E-state index contributed by atoms with van der Waals surface area (Å²) in [5.74, 6) is 0.0756. The first-order chi connectivity index (χ1) is 9.74. The van der Waals surface area contributed by atoms with Gasteiger partial charge in [0.1, 0.15) is 5.25 Å². The summed E-state index contributed by atoms with van der Waals surface area (Å²) < 4.78 is 1.94. The zero-order valence-electron chi connectivity index (χ0n) is 11.3. The van der Waals surface area contributed by atoms with Crippen LogP contribution in [0.25, 0.3) is 0 Å². The van der Waals surface area contributed by atoms with E-state index in [0.717, 1.165) is 23.6 Å². The van der Waals surface area contributed by atoms with Gasteiger partial charge in [-0.15, -0.1) is 0 Å². The molecule has 1 N–H and O–H groups in total. The van der Waals surface area contributed by atoms with Gasteiger partial charge in [0, 0.05) is 25.5 Å². The Hall–Kier alpha value is -1.75. The van der Waals surface area contributed by atoms with Crippen LogP contribution < -0.4 is 5.32 Å². The first kappa shape index (κ1) is 13.2. The highest BCUT2D eigenvalue weighted by molar-refractivity contribution is 8.00. The van der Waals surface area contributed by atoms with E-state index in [1.165, 1.54) is 11.8 Å². The maximum Gasteiger partial charge on any atom is 0.238 e. The van der Waals surface area contributed by atoms with Crippen LogP contribution in [0.15, 0.2) is 47.9 Å². The number of nitrogens with one attached hydrogen (secondary N) is 1. The zero-order valence-corrected chi connectivity index (χ0v) is 12.1. The molecule has 20 heavy (non-hydrogen) atoms. The van der Waals surface area contributed by atoms with Crippen molar-refractivity contribution in [2.24, 2.45) is 7.05 Å². The summed E-state index contributed by atoms with van der Waals surface area (Å²) in [6, 6.07) is 10.2. The Morgan fingerprint density at radius 2 is 2.15 bits per heavy atom. The Labute approximate surface area is 122 Å². The van der Waals surface area contributed by atoms with Crippen LogP contribution >= 0.6 is 11.8 Å². The number of hydrogen-bond acceptors (Lipinski definition) is 3. The molecule has 1 saturated carbocycles. The van der Waals surface area contributed by atoms with E-state index in [-0.39, 0.29) is 11.2 Å². The second-order valence-electron chi connectivity index (χ2n) is 5.01. The van der Waals surface area contributed by atoms with E-state index in [9.17, 15) is 4.79 Å². The lowest BCUT2D eigenvalue weighted by Gasteiger charge is -2.16. The standard InChI is InChI=1S/C15H17N3OS/c1-18-10-9-16-15(18)20-13(11-5-3-2-4-6-11)14(19)17-12-7-8-12/h2-6,9-10,12-13H,7-8H2,1H3,(H,17,19). The van der Waals surface area contributed by atoms with Gasteiger partial charge in [0.2, 0.25) is 5.91 Å². The quantitative estimate of drug-likeness (QED) is 0.860. The van der Waals surface area contributed by atoms with Gasteiger partial charge >= 0.3 is 0 Å². The van der Waals surface area contributed by atoms with Crippen molar-refractivity contribution in [3.05, 3.63) is 48.3 Å². The van der Waals surface area contributed by atoms with Crippen molar-refractivity contribution in [3.8, 4) is 0 Å². The third kappa shape index (κ3) is 3.04. The van der Waals surface area contributed by atoms with Crippen LogP contribution in [0.1, 0.15) is 23.7 Å². The fourth-order valence-corrected chi connectivity index (χ4v) is 3.00. The third-order valence-corrected chi connectivity index (χ3v) is 4.59. The van der Waals surface area contributed by atoms with Crippen molar-refractivity contribution in [2.45, 2.75) is 29.3 Å². The number of hydrogen-bond donors (Lipinski definition) is 1. The van der Waals surface area contributed by atoms with Crippen molar-refractivity contribution in [2.75, 3.05) is 0 Å². The van der Waals surface area contributed by atoms with Crippen molar-refractivity contribution in [1.82, 2.24) is 14.9 Å². The number of amides is 1. The maximum absolute atomic E-state index is 12.5. The molecule has 2 aromatic rings. The number of imidazole rings is 1. The van der Waals surface area contributed by atoms with Crippen LogP contribution in [0.3, 0.4) is 0 Å². The van der Waals surface area contributed by atoms with E-state index in [1.807, 2.05) is 48.1 Å². The molecule has 1 atom stereocenters. The fraction of sp³-hybridized carbons (Fsp3) is 0.333. The van der Waals surface area contributed by atoms with E-state index in [4.69, 9.17) is 0 Å². The highest BCUT2D eigenvalue weighted by Crippen LogP contribution is 2.35. The number of carbonyl (C=O) groups excluding carboxylic acids is 1. The van der Waals surface area contributed by atoms with E-state index in [1.54, 1.807) is 6.20 Å². The molecule has 1 amide bonds. The molecule has 0 spiro atoms. The minimum atomic E-state index is -0.252. The van der Waals surface area contributed by atoms with Gasteiger partial charge in [-0.3, -0.25) is 4.79 Å². The predicted molar refractivity (Wildman–Crippen MR) is 79.4 cm³/mol. The SMILES string of the molecule is Cn1ccnc1SC(C(=O)NC1CC1)c1ccccc1. The Kier molecular flexibility index (Phi) is 3.78. The highest BCUT2D eigenvalue weighted by atomic mass is 32.2. The second kappa shape index (κ2) is 5.71. The van der Waals surface area contributed by atoms with Gasteiger partial charge in [-0.2, -0.15) is 0 Å². The van der Waals surface area contributed by atoms with E-state index in [0.29, 0.717) is 6.04 Å². The molecular formula is C15H17N3OS. The molecule has 3 rings (SSSR count).